The summed E-state index contributed by atoms with van der Waals surface area (Å²) >= 11 is 11.0. The van der Waals surface area contributed by atoms with Crippen molar-refractivity contribution >= 4 is 107 Å². The number of H-pyrrole nitrogens is 2. The molecule has 0 aliphatic heterocycles. The molecular weight excluding hydrogens is 872 g/mol. The van der Waals surface area contributed by atoms with E-state index in [1.807, 2.05) is 0 Å². The Balaban J connectivity index is 0. The zero-order valence-corrected chi connectivity index (χ0v) is 23.3. The number of aromatic amines is 2. The SMILES string of the molecule is CC(=O)Nc1n[nH]c(=S)s1.CC(=O)Nc1n[nH]c(=S)s1.[Cl][Pt][Cl].[Cl][Pt][Cl]. The molecule has 26 heavy (non-hydrogen) atoms. The van der Waals surface area contributed by atoms with Gasteiger partial charge in [0.2, 0.25) is 22.1 Å². The molecule has 0 radical (unpaired) electrons. The first-order valence-corrected chi connectivity index (χ1v) is 19.2. The molecule has 2 aromatic heterocycles. The van der Waals surface area contributed by atoms with Crippen molar-refractivity contribution in [1.29, 1.82) is 0 Å². The standard InChI is InChI=1S/2C4H5N3OS2.4ClH.2Pt/c2*1-2(8)5-3-6-7-4(9)10-3;;;;;;/h2*1H3,(H,7,9)(H,5,6,8);4*1H;;/q;;;;;;2*+2/p-4. The number of nitrogens with zero attached hydrogens (tertiary/aromatic N) is 2. The van der Waals surface area contributed by atoms with E-state index in [-0.39, 0.29) is 11.8 Å². The molecule has 2 amide bonds. The summed E-state index contributed by atoms with van der Waals surface area (Å²) < 4.78 is 1.12. The van der Waals surface area contributed by atoms with Crippen molar-refractivity contribution in [2.75, 3.05) is 10.6 Å². The van der Waals surface area contributed by atoms with Gasteiger partial charge in [-0.05, 0) is 24.4 Å². The third-order valence-electron chi connectivity index (χ3n) is 1.44. The van der Waals surface area contributed by atoms with Crippen LogP contribution in [0.15, 0.2) is 0 Å². The summed E-state index contributed by atoms with van der Waals surface area (Å²) in [6.07, 6.45) is 0. The predicted molar refractivity (Wildman–Crippen MR) is 107 cm³/mol. The van der Waals surface area contributed by atoms with Crippen LogP contribution in [0, 0.1) is 7.91 Å². The fraction of sp³-hybridized carbons (Fsp3) is 0.250. The number of hydrogen-bond donors (Lipinski definition) is 4. The minimum atomic E-state index is -0.472. The number of halogens is 4. The van der Waals surface area contributed by atoms with Crippen LogP contribution in [0.25, 0.3) is 0 Å². The molecule has 0 aliphatic carbocycles. The van der Waals surface area contributed by atoms with E-state index in [0.717, 1.165) is 0 Å². The van der Waals surface area contributed by atoms with Crippen LogP contribution in [0.3, 0.4) is 0 Å². The van der Waals surface area contributed by atoms with Crippen LogP contribution in [0.5, 0.6) is 0 Å². The molecule has 0 unspecified atom stereocenters. The Morgan fingerprint density at radius 2 is 1.15 bits per heavy atom. The molecule has 0 spiro atoms. The Morgan fingerprint density at radius 1 is 0.885 bits per heavy atom. The van der Waals surface area contributed by atoms with Crippen molar-refractivity contribution in [3.8, 4) is 0 Å². The number of carbonyl (C=O) groups is 2. The number of amides is 2. The van der Waals surface area contributed by atoms with Gasteiger partial charge in [0.05, 0.1) is 0 Å². The second kappa shape index (κ2) is 19.4. The number of rotatable bonds is 2. The zero-order valence-electron chi connectivity index (χ0n) is 12.5. The molecule has 0 fully saturated rings. The van der Waals surface area contributed by atoms with E-state index in [4.69, 9.17) is 62.1 Å². The van der Waals surface area contributed by atoms with Gasteiger partial charge in [-0.25, -0.2) is 0 Å². The molecule has 4 N–H and O–H groups in total. The van der Waals surface area contributed by atoms with Gasteiger partial charge in [0.25, 0.3) is 0 Å². The average molecular weight is 882 g/mol. The van der Waals surface area contributed by atoms with Crippen LogP contribution in [0.1, 0.15) is 13.8 Å². The first-order chi connectivity index (χ1) is 12.2. The number of hydrogen-bond acceptors (Lipinski definition) is 8. The van der Waals surface area contributed by atoms with Crippen molar-refractivity contribution < 1.29 is 42.6 Å². The van der Waals surface area contributed by atoms with Crippen molar-refractivity contribution in [3.63, 3.8) is 0 Å². The number of anilines is 2. The molecule has 0 aromatic carbocycles. The molecule has 0 saturated heterocycles. The van der Waals surface area contributed by atoms with Crippen LogP contribution in [0.4, 0.5) is 10.3 Å². The van der Waals surface area contributed by atoms with E-state index in [1.165, 1.54) is 36.5 Å². The second-order valence-electron chi connectivity index (χ2n) is 3.29. The molecule has 0 saturated carbocycles. The summed E-state index contributed by atoms with van der Waals surface area (Å²) in [4.78, 5) is 20.9. The Hall–Kier alpha value is 1.04. The van der Waals surface area contributed by atoms with Crippen molar-refractivity contribution in [1.82, 2.24) is 20.4 Å². The quantitative estimate of drug-likeness (QED) is 0.314. The third kappa shape index (κ3) is 19.8. The van der Waals surface area contributed by atoms with Crippen molar-refractivity contribution in [3.05, 3.63) is 7.91 Å². The summed E-state index contributed by atoms with van der Waals surface area (Å²) in [6, 6.07) is 0. The molecule has 2 heterocycles. The fourth-order valence-corrected chi connectivity index (χ4v) is 2.54. The first kappa shape index (κ1) is 29.2. The van der Waals surface area contributed by atoms with Crippen molar-refractivity contribution in [2.24, 2.45) is 0 Å². The Labute approximate surface area is 199 Å². The summed E-state index contributed by atoms with van der Waals surface area (Å²) in [6.45, 7) is 2.84. The van der Waals surface area contributed by atoms with Gasteiger partial charge < -0.3 is 10.6 Å². The fourth-order valence-electron chi connectivity index (χ4n) is 0.868. The number of carbonyl (C=O) groups excluding carboxylic acids is 2. The molecule has 0 aliphatic rings. The number of aromatic nitrogens is 4. The maximum atomic E-state index is 10.4. The Bertz CT molecular complexity index is 691. The summed E-state index contributed by atoms with van der Waals surface area (Å²) in [5.41, 5.74) is 0. The van der Waals surface area contributed by atoms with Crippen LogP contribution < -0.4 is 10.6 Å². The first-order valence-electron chi connectivity index (χ1n) is 5.51. The molecule has 2 rings (SSSR count). The van der Waals surface area contributed by atoms with Crippen LogP contribution in [-0.4, -0.2) is 32.2 Å². The molecule has 156 valence electrons. The summed E-state index contributed by atoms with van der Waals surface area (Å²) in [5.74, 6) is -0.282. The van der Waals surface area contributed by atoms with Crippen LogP contribution in [0.2, 0.25) is 0 Å². The second-order valence-corrected chi connectivity index (χ2v) is 13.2. The van der Waals surface area contributed by atoms with Gasteiger partial charge in [-0.1, -0.05) is 22.7 Å². The molecule has 0 atom stereocenters. The molecule has 18 heteroatoms. The van der Waals surface area contributed by atoms with Gasteiger partial charge in [0.15, 0.2) is 7.91 Å². The van der Waals surface area contributed by atoms with Gasteiger partial charge in [0, 0.05) is 13.8 Å². The topological polar surface area (TPSA) is 116 Å². The summed E-state index contributed by atoms with van der Waals surface area (Å²) in [7, 11) is 19.5. The Morgan fingerprint density at radius 3 is 1.31 bits per heavy atom. The van der Waals surface area contributed by atoms with E-state index in [2.05, 4.69) is 31.0 Å². The van der Waals surface area contributed by atoms with Gasteiger partial charge in [0.1, 0.15) is 0 Å². The maximum absolute atomic E-state index is 10.4. The van der Waals surface area contributed by atoms with Gasteiger partial charge in [-0.15, -0.1) is 10.2 Å². The zero-order chi connectivity index (χ0) is 20.5. The van der Waals surface area contributed by atoms with E-state index < -0.39 is 33.0 Å². The van der Waals surface area contributed by atoms with Crippen LogP contribution in [-0.2, 0) is 42.6 Å². The monoisotopic (exact) mass is 880 g/mol. The minimum absolute atomic E-state index is 0.141. The van der Waals surface area contributed by atoms with E-state index in [0.29, 0.717) is 18.2 Å². The Kier molecular flexibility index (Phi) is 21.8. The number of nitrogens with one attached hydrogen (secondary N) is 4. The third-order valence-corrected chi connectivity index (χ3v) is 3.45. The normalized spacial score (nSPS) is 8.85. The molecule has 0 bridgehead atoms. The van der Waals surface area contributed by atoms with Crippen molar-refractivity contribution in [2.45, 2.75) is 13.8 Å². The average Bonchev–Trinajstić information content (AvgIpc) is 3.09. The van der Waals surface area contributed by atoms with Gasteiger partial charge in [-0.2, -0.15) is 0 Å². The predicted octanol–water partition coefficient (Wildman–Crippen LogP) is 5.07. The summed E-state index contributed by atoms with van der Waals surface area (Å²) in [5, 5.41) is 18.5. The van der Waals surface area contributed by atoms with Gasteiger partial charge in [-0.3, -0.25) is 19.8 Å². The molecule has 2 aromatic rings. The van der Waals surface area contributed by atoms with E-state index >= 15 is 0 Å². The van der Waals surface area contributed by atoms with E-state index in [1.54, 1.807) is 0 Å². The molecular formula is C8H10Cl4N6O2Pt2S4. The van der Waals surface area contributed by atoms with Crippen LogP contribution >= 0.6 is 84.8 Å². The molecule has 8 nitrogen and oxygen atoms in total. The van der Waals surface area contributed by atoms with Gasteiger partial charge >= 0.3 is 70.6 Å². The van der Waals surface area contributed by atoms with E-state index in [9.17, 15) is 9.59 Å².